The lowest BCUT2D eigenvalue weighted by Gasteiger charge is -2.32. The van der Waals surface area contributed by atoms with Crippen LogP contribution in [0, 0.1) is 0 Å². The minimum atomic E-state index is -3.58. The Balaban J connectivity index is 1.75. The molecular weight excluding hydrogens is 316 g/mol. The van der Waals surface area contributed by atoms with Gasteiger partial charge in [0.15, 0.2) is 0 Å². The van der Waals surface area contributed by atoms with Crippen molar-refractivity contribution in [2.45, 2.75) is 17.4 Å². The summed E-state index contributed by atoms with van der Waals surface area (Å²) in [4.78, 5) is 13.7. The van der Waals surface area contributed by atoms with E-state index < -0.39 is 15.9 Å². The van der Waals surface area contributed by atoms with Gasteiger partial charge in [0.25, 0.3) is 0 Å². The minimum absolute atomic E-state index is 0.134. The van der Waals surface area contributed by atoms with E-state index in [0.29, 0.717) is 13.1 Å². The summed E-state index contributed by atoms with van der Waals surface area (Å²) in [5, 5.41) is 3.30. The molecule has 0 aromatic heterocycles. The molecule has 126 valence electrons. The summed E-state index contributed by atoms with van der Waals surface area (Å²) in [7, 11) is -3.58. The second-order valence-electron chi connectivity index (χ2n) is 5.98. The predicted octanol–water partition coefficient (Wildman–Crippen LogP) is -0.546. The Kier molecular flexibility index (Phi) is 4.67. The van der Waals surface area contributed by atoms with Crippen LogP contribution in [0.3, 0.4) is 0 Å². The average molecular weight is 338 g/mol. The van der Waals surface area contributed by atoms with Crippen LogP contribution in [0.4, 0.5) is 0 Å². The van der Waals surface area contributed by atoms with Crippen LogP contribution in [0.15, 0.2) is 29.2 Å². The van der Waals surface area contributed by atoms with Crippen LogP contribution >= 0.6 is 0 Å². The quantitative estimate of drug-likeness (QED) is 0.768. The molecule has 3 N–H and O–H groups in total. The molecule has 2 saturated heterocycles. The van der Waals surface area contributed by atoms with Crippen molar-refractivity contribution in [2.24, 2.45) is 5.73 Å². The zero-order chi connectivity index (χ0) is 16.4. The molecule has 0 aliphatic carbocycles. The molecule has 7 nitrogen and oxygen atoms in total. The maximum atomic E-state index is 12.8. The highest BCUT2D eigenvalue weighted by molar-refractivity contribution is 7.89. The number of piperazine rings is 1. The van der Waals surface area contributed by atoms with Gasteiger partial charge in [0.2, 0.25) is 15.9 Å². The van der Waals surface area contributed by atoms with E-state index in [1.165, 1.54) is 22.5 Å². The van der Waals surface area contributed by atoms with Crippen LogP contribution in [-0.4, -0.2) is 68.8 Å². The van der Waals surface area contributed by atoms with Crippen LogP contribution in [0.5, 0.6) is 0 Å². The number of primary amides is 1. The summed E-state index contributed by atoms with van der Waals surface area (Å²) in [5.41, 5.74) is 5.45. The molecule has 1 aromatic carbocycles. The molecule has 0 bridgehead atoms. The SMILES string of the molecule is NC(=O)c1cccc(S(=O)(=O)N2CCC(N3CCNCC3)C2)c1. The third-order valence-electron chi connectivity index (χ3n) is 4.55. The molecule has 2 aliphatic rings. The van der Waals surface area contributed by atoms with Crippen molar-refractivity contribution in [1.82, 2.24) is 14.5 Å². The van der Waals surface area contributed by atoms with Gasteiger partial charge in [0.1, 0.15) is 0 Å². The number of hydrogen-bond donors (Lipinski definition) is 2. The summed E-state index contributed by atoms with van der Waals surface area (Å²) in [6.45, 7) is 4.82. The summed E-state index contributed by atoms with van der Waals surface area (Å²) in [5.74, 6) is -0.623. The van der Waals surface area contributed by atoms with E-state index >= 15 is 0 Å². The molecule has 1 atom stereocenters. The van der Waals surface area contributed by atoms with E-state index in [-0.39, 0.29) is 16.5 Å². The summed E-state index contributed by atoms with van der Waals surface area (Å²) in [6.07, 6.45) is 0.842. The fourth-order valence-electron chi connectivity index (χ4n) is 3.23. The molecule has 3 rings (SSSR count). The standard InChI is InChI=1S/C15H22N4O3S/c16-15(20)12-2-1-3-14(10-12)23(21,22)19-7-4-13(11-19)18-8-5-17-6-9-18/h1-3,10,13,17H,4-9,11H2,(H2,16,20). The lowest BCUT2D eigenvalue weighted by Crippen LogP contribution is -2.49. The van der Waals surface area contributed by atoms with Crippen molar-refractivity contribution in [3.8, 4) is 0 Å². The first-order chi connectivity index (χ1) is 11.0. The number of nitrogens with zero attached hydrogens (tertiary/aromatic N) is 2. The minimum Gasteiger partial charge on any atom is -0.366 e. The van der Waals surface area contributed by atoms with E-state index in [9.17, 15) is 13.2 Å². The number of nitrogens with two attached hydrogens (primary N) is 1. The first-order valence-corrected chi connectivity index (χ1v) is 9.27. The number of carbonyl (C=O) groups is 1. The fraction of sp³-hybridized carbons (Fsp3) is 0.533. The molecule has 0 spiro atoms. The predicted molar refractivity (Wildman–Crippen MR) is 86.6 cm³/mol. The summed E-state index contributed by atoms with van der Waals surface area (Å²) < 4.78 is 27.1. The zero-order valence-corrected chi connectivity index (χ0v) is 13.8. The van der Waals surface area contributed by atoms with E-state index in [2.05, 4.69) is 10.2 Å². The van der Waals surface area contributed by atoms with Crippen molar-refractivity contribution >= 4 is 15.9 Å². The number of benzene rings is 1. The number of carbonyl (C=O) groups excluding carboxylic acids is 1. The van der Waals surface area contributed by atoms with E-state index in [4.69, 9.17) is 5.73 Å². The molecule has 1 aromatic rings. The average Bonchev–Trinajstić information content (AvgIpc) is 3.06. The van der Waals surface area contributed by atoms with Crippen LogP contribution in [-0.2, 0) is 10.0 Å². The Bertz CT molecular complexity index is 686. The Labute approximate surface area is 136 Å². The van der Waals surface area contributed by atoms with Gasteiger partial charge in [0, 0.05) is 50.9 Å². The maximum absolute atomic E-state index is 12.8. The lowest BCUT2D eigenvalue weighted by molar-refractivity contribution is 0.1000. The second kappa shape index (κ2) is 6.56. The molecule has 2 heterocycles. The third-order valence-corrected chi connectivity index (χ3v) is 6.41. The maximum Gasteiger partial charge on any atom is 0.248 e. The highest BCUT2D eigenvalue weighted by Gasteiger charge is 2.35. The number of hydrogen-bond acceptors (Lipinski definition) is 5. The lowest BCUT2D eigenvalue weighted by atomic mass is 10.2. The smallest absolute Gasteiger partial charge is 0.248 e. The first-order valence-electron chi connectivity index (χ1n) is 7.83. The topological polar surface area (TPSA) is 95.7 Å². The van der Waals surface area contributed by atoms with Crippen LogP contribution in [0.2, 0.25) is 0 Å². The van der Waals surface area contributed by atoms with E-state index in [1.54, 1.807) is 6.07 Å². The highest BCUT2D eigenvalue weighted by Crippen LogP contribution is 2.24. The van der Waals surface area contributed by atoms with Crippen LogP contribution in [0.1, 0.15) is 16.8 Å². The monoisotopic (exact) mass is 338 g/mol. The van der Waals surface area contributed by atoms with Gasteiger partial charge in [-0.1, -0.05) is 6.07 Å². The molecule has 8 heteroatoms. The third kappa shape index (κ3) is 3.40. The van der Waals surface area contributed by atoms with Crippen LogP contribution < -0.4 is 11.1 Å². The Morgan fingerprint density at radius 1 is 1.22 bits per heavy atom. The number of nitrogens with one attached hydrogen (secondary N) is 1. The van der Waals surface area contributed by atoms with Gasteiger partial charge in [-0.15, -0.1) is 0 Å². The van der Waals surface area contributed by atoms with Crippen LogP contribution in [0.25, 0.3) is 0 Å². The van der Waals surface area contributed by atoms with Crippen molar-refractivity contribution in [1.29, 1.82) is 0 Å². The summed E-state index contributed by atoms with van der Waals surface area (Å²) >= 11 is 0. The molecule has 2 aliphatic heterocycles. The Hall–Kier alpha value is -1.48. The van der Waals surface area contributed by atoms with Gasteiger partial charge in [0.05, 0.1) is 4.90 Å². The van der Waals surface area contributed by atoms with Crippen molar-refractivity contribution in [2.75, 3.05) is 39.3 Å². The fourth-order valence-corrected chi connectivity index (χ4v) is 4.77. The molecular formula is C15H22N4O3S. The second-order valence-corrected chi connectivity index (χ2v) is 7.92. The van der Waals surface area contributed by atoms with Gasteiger partial charge in [-0.25, -0.2) is 8.42 Å². The molecule has 1 amide bonds. The molecule has 0 radical (unpaired) electrons. The number of sulfonamides is 1. The zero-order valence-electron chi connectivity index (χ0n) is 12.9. The Morgan fingerprint density at radius 3 is 2.65 bits per heavy atom. The van der Waals surface area contributed by atoms with Gasteiger partial charge < -0.3 is 11.1 Å². The number of rotatable bonds is 4. The van der Waals surface area contributed by atoms with Crippen molar-refractivity contribution in [3.63, 3.8) is 0 Å². The van der Waals surface area contributed by atoms with E-state index in [1.807, 2.05) is 0 Å². The van der Waals surface area contributed by atoms with Gasteiger partial charge in [-0.2, -0.15) is 4.31 Å². The van der Waals surface area contributed by atoms with Gasteiger partial charge >= 0.3 is 0 Å². The van der Waals surface area contributed by atoms with Crippen molar-refractivity contribution in [3.05, 3.63) is 29.8 Å². The van der Waals surface area contributed by atoms with E-state index in [0.717, 1.165) is 32.6 Å². The van der Waals surface area contributed by atoms with Gasteiger partial charge in [-0.05, 0) is 24.6 Å². The number of amides is 1. The largest absolute Gasteiger partial charge is 0.366 e. The van der Waals surface area contributed by atoms with Crippen molar-refractivity contribution < 1.29 is 13.2 Å². The highest BCUT2D eigenvalue weighted by atomic mass is 32.2. The Morgan fingerprint density at radius 2 is 1.96 bits per heavy atom. The normalized spacial score (nSPS) is 23.9. The molecule has 0 saturated carbocycles. The molecule has 1 unspecified atom stereocenters. The molecule has 23 heavy (non-hydrogen) atoms. The summed E-state index contributed by atoms with van der Waals surface area (Å²) in [6, 6.07) is 6.22. The van der Waals surface area contributed by atoms with Gasteiger partial charge in [-0.3, -0.25) is 9.69 Å². The molecule has 2 fully saturated rings. The first kappa shape index (κ1) is 16.4.